The lowest BCUT2D eigenvalue weighted by Gasteiger charge is -2.33. The monoisotopic (exact) mass is 338 g/mol. The first kappa shape index (κ1) is 19.9. The van der Waals surface area contributed by atoms with E-state index in [1.54, 1.807) is 6.92 Å². The van der Waals surface area contributed by atoms with Crippen molar-refractivity contribution in [3.05, 3.63) is 35.4 Å². The van der Waals surface area contributed by atoms with Crippen LogP contribution in [0.5, 0.6) is 0 Å². The summed E-state index contributed by atoms with van der Waals surface area (Å²) < 4.78 is 11.5. The Kier molecular flexibility index (Phi) is 7.44. The lowest BCUT2D eigenvalue weighted by molar-refractivity contribution is -0.149. The molecule has 23 heavy (non-hydrogen) atoms. The van der Waals surface area contributed by atoms with Gasteiger partial charge in [-0.05, 0) is 36.6 Å². The standard InChI is InChI=1S/C18H30O4Si/c1-7-21-15(17(19)20)12-13-8-10-14(11-9-13)16(18(2,3)4)22-23(5)6/h8-11,15-16,23H,7,12H2,1-6H3,(H,19,20). The molecular weight excluding hydrogens is 308 g/mol. The Morgan fingerprint density at radius 3 is 2.17 bits per heavy atom. The summed E-state index contributed by atoms with van der Waals surface area (Å²) in [5.41, 5.74) is 2.13. The number of aliphatic carboxylic acids is 1. The van der Waals surface area contributed by atoms with Gasteiger partial charge in [-0.2, -0.15) is 0 Å². The highest BCUT2D eigenvalue weighted by atomic mass is 28.3. The van der Waals surface area contributed by atoms with E-state index in [0.717, 1.165) is 11.1 Å². The van der Waals surface area contributed by atoms with Crippen molar-refractivity contribution in [3.8, 4) is 0 Å². The number of carbonyl (C=O) groups is 1. The van der Waals surface area contributed by atoms with Crippen LogP contribution in [0.15, 0.2) is 24.3 Å². The highest BCUT2D eigenvalue weighted by Crippen LogP contribution is 2.36. The number of rotatable bonds is 8. The average Bonchev–Trinajstić information content (AvgIpc) is 2.44. The van der Waals surface area contributed by atoms with Gasteiger partial charge in [0, 0.05) is 13.0 Å². The summed E-state index contributed by atoms with van der Waals surface area (Å²) in [5.74, 6) is -0.919. The fourth-order valence-corrected chi connectivity index (χ4v) is 3.63. The number of hydrogen-bond donors (Lipinski definition) is 1. The van der Waals surface area contributed by atoms with Crippen molar-refractivity contribution in [3.63, 3.8) is 0 Å². The minimum Gasteiger partial charge on any atom is -0.479 e. The zero-order valence-corrected chi connectivity index (χ0v) is 16.3. The fraction of sp³-hybridized carbons (Fsp3) is 0.611. The van der Waals surface area contributed by atoms with Crippen LogP contribution in [-0.2, 0) is 20.4 Å². The molecule has 0 aliphatic rings. The highest BCUT2D eigenvalue weighted by molar-refractivity contribution is 6.48. The maximum Gasteiger partial charge on any atom is 0.333 e. The van der Waals surface area contributed by atoms with Crippen LogP contribution >= 0.6 is 0 Å². The normalized spacial score (nSPS) is 14.7. The van der Waals surface area contributed by atoms with Crippen LogP contribution in [0.4, 0.5) is 0 Å². The highest BCUT2D eigenvalue weighted by Gasteiger charge is 2.28. The van der Waals surface area contributed by atoms with Crippen LogP contribution in [0.1, 0.15) is 44.9 Å². The third-order valence-electron chi connectivity index (χ3n) is 3.54. The first-order chi connectivity index (χ1) is 10.6. The van der Waals surface area contributed by atoms with E-state index in [1.165, 1.54) is 0 Å². The molecule has 0 bridgehead atoms. The summed E-state index contributed by atoms with van der Waals surface area (Å²) in [6.07, 6.45) is -0.349. The zero-order chi connectivity index (χ0) is 17.6. The summed E-state index contributed by atoms with van der Waals surface area (Å²) in [6, 6.07) is 8.06. The molecule has 2 atom stereocenters. The van der Waals surface area contributed by atoms with Crippen LogP contribution in [-0.4, -0.2) is 32.8 Å². The molecule has 1 aromatic carbocycles. The number of ether oxygens (including phenoxy) is 1. The van der Waals surface area contributed by atoms with Crippen molar-refractivity contribution in [2.45, 2.75) is 59.4 Å². The van der Waals surface area contributed by atoms with E-state index in [1.807, 2.05) is 24.3 Å². The Bertz CT molecular complexity index is 491. The van der Waals surface area contributed by atoms with Gasteiger partial charge < -0.3 is 14.3 Å². The molecule has 2 unspecified atom stereocenters. The molecule has 0 amide bonds. The Morgan fingerprint density at radius 2 is 1.78 bits per heavy atom. The van der Waals surface area contributed by atoms with Crippen molar-refractivity contribution in [2.24, 2.45) is 5.41 Å². The third kappa shape index (κ3) is 6.45. The van der Waals surface area contributed by atoms with E-state index >= 15 is 0 Å². The largest absolute Gasteiger partial charge is 0.479 e. The summed E-state index contributed by atoms with van der Waals surface area (Å²) in [4.78, 5) is 11.2. The Labute approximate surface area is 141 Å². The number of hydrogen-bond acceptors (Lipinski definition) is 3. The van der Waals surface area contributed by atoms with Crippen LogP contribution in [0, 0.1) is 5.41 Å². The van der Waals surface area contributed by atoms with E-state index in [2.05, 4.69) is 33.9 Å². The predicted octanol–water partition coefficient (Wildman–Crippen LogP) is 3.81. The number of carboxylic acids is 1. The molecule has 0 aliphatic carbocycles. The Hall–Kier alpha value is -1.17. The molecule has 0 aliphatic heterocycles. The summed E-state index contributed by atoms with van der Waals surface area (Å²) >= 11 is 0. The first-order valence-electron chi connectivity index (χ1n) is 8.23. The van der Waals surface area contributed by atoms with E-state index < -0.39 is 21.1 Å². The molecule has 130 valence electrons. The van der Waals surface area contributed by atoms with Gasteiger partial charge in [-0.1, -0.05) is 45.0 Å². The van der Waals surface area contributed by atoms with Crippen molar-refractivity contribution < 1.29 is 19.1 Å². The molecule has 0 saturated heterocycles. The molecule has 0 aromatic heterocycles. The van der Waals surface area contributed by atoms with Crippen LogP contribution in [0.2, 0.25) is 13.1 Å². The molecule has 0 radical (unpaired) electrons. The summed E-state index contributed by atoms with van der Waals surface area (Å²) in [5, 5.41) is 9.17. The molecular formula is C18H30O4Si. The molecule has 5 heteroatoms. The van der Waals surface area contributed by atoms with Gasteiger partial charge in [-0.3, -0.25) is 0 Å². The fourth-order valence-electron chi connectivity index (χ4n) is 2.52. The van der Waals surface area contributed by atoms with Crippen molar-refractivity contribution in [2.75, 3.05) is 6.61 Å². The first-order valence-corrected chi connectivity index (χ1v) is 11.0. The van der Waals surface area contributed by atoms with Gasteiger partial charge in [0.1, 0.15) is 0 Å². The van der Waals surface area contributed by atoms with Gasteiger partial charge in [0.25, 0.3) is 0 Å². The van der Waals surface area contributed by atoms with Gasteiger partial charge in [0.05, 0.1) is 6.10 Å². The number of benzene rings is 1. The van der Waals surface area contributed by atoms with Gasteiger partial charge >= 0.3 is 5.97 Å². The van der Waals surface area contributed by atoms with Crippen LogP contribution in [0.3, 0.4) is 0 Å². The van der Waals surface area contributed by atoms with E-state index in [0.29, 0.717) is 13.0 Å². The van der Waals surface area contributed by atoms with Gasteiger partial charge in [-0.15, -0.1) is 0 Å². The SMILES string of the molecule is CCOC(Cc1ccc(C(O[SiH](C)C)C(C)(C)C)cc1)C(=O)O. The van der Waals surface area contributed by atoms with Crippen molar-refractivity contribution in [1.29, 1.82) is 0 Å². The lowest BCUT2D eigenvalue weighted by atomic mass is 9.84. The lowest BCUT2D eigenvalue weighted by Crippen LogP contribution is -2.27. The second-order valence-electron chi connectivity index (χ2n) is 7.16. The Balaban J connectivity index is 2.90. The van der Waals surface area contributed by atoms with Gasteiger partial charge in [0.15, 0.2) is 15.1 Å². The minimum absolute atomic E-state index is 0.0215. The van der Waals surface area contributed by atoms with E-state index in [-0.39, 0.29) is 11.5 Å². The topological polar surface area (TPSA) is 55.8 Å². The molecule has 0 fully saturated rings. The molecule has 0 spiro atoms. The maximum atomic E-state index is 11.2. The zero-order valence-electron chi connectivity index (χ0n) is 15.1. The van der Waals surface area contributed by atoms with E-state index in [4.69, 9.17) is 9.16 Å². The number of carboxylic acid groups (broad SMARTS) is 1. The minimum atomic E-state index is -1.15. The second kappa shape index (κ2) is 8.62. The van der Waals surface area contributed by atoms with Crippen LogP contribution < -0.4 is 0 Å². The molecule has 1 rings (SSSR count). The predicted molar refractivity (Wildman–Crippen MR) is 95.4 cm³/mol. The van der Waals surface area contributed by atoms with Crippen LogP contribution in [0.25, 0.3) is 0 Å². The maximum absolute atomic E-state index is 11.2. The summed E-state index contributed by atoms with van der Waals surface area (Å²) in [7, 11) is -1.15. The molecule has 0 heterocycles. The summed E-state index contributed by atoms with van der Waals surface area (Å²) in [6.45, 7) is 13.1. The Morgan fingerprint density at radius 1 is 1.22 bits per heavy atom. The molecule has 1 aromatic rings. The second-order valence-corrected chi connectivity index (χ2v) is 9.53. The molecule has 4 nitrogen and oxygen atoms in total. The molecule has 1 N–H and O–H groups in total. The van der Waals surface area contributed by atoms with Crippen molar-refractivity contribution in [1.82, 2.24) is 0 Å². The van der Waals surface area contributed by atoms with Gasteiger partial charge in [0.2, 0.25) is 0 Å². The van der Waals surface area contributed by atoms with E-state index in [9.17, 15) is 9.90 Å². The average molecular weight is 339 g/mol. The third-order valence-corrected chi connectivity index (χ3v) is 4.36. The molecule has 0 saturated carbocycles. The van der Waals surface area contributed by atoms with Crippen molar-refractivity contribution >= 4 is 15.0 Å². The van der Waals surface area contributed by atoms with Gasteiger partial charge in [-0.25, -0.2) is 4.79 Å². The quantitative estimate of drug-likeness (QED) is 0.732. The smallest absolute Gasteiger partial charge is 0.333 e.